The molecule has 1 heterocycles. The lowest BCUT2D eigenvalue weighted by Crippen LogP contribution is -2.14. The fourth-order valence-corrected chi connectivity index (χ4v) is 3.68. The molecule has 3 rings (SSSR count). The quantitative estimate of drug-likeness (QED) is 0.384. The van der Waals surface area contributed by atoms with E-state index in [2.05, 4.69) is 0 Å². The van der Waals surface area contributed by atoms with Crippen LogP contribution in [0, 0.1) is 17.3 Å². The van der Waals surface area contributed by atoms with Crippen LogP contribution in [0.25, 0.3) is 0 Å². The second kappa shape index (κ2) is 8.76. The molecule has 0 bridgehead atoms. The molecule has 0 radical (unpaired) electrons. The summed E-state index contributed by atoms with van der Waals surface area (Å²) in [5.41, 5.74) is 0.543. The Balaban J connectivity index is 1.78. The predicted octanol–water partition coefficient (Wildman–Crippen LogP) is 6.34. The minimum atomic E-state index is -1.77. The van der Waals surface area contributed by atoms with E-state index in [4.69, 9.17) is 9.15 Å². The average molecular weight is 400 g/mol. The van der Waals surface area contributed by atoms with Crippen molar-refractivity contribution in [3.63, 3.8) is 0 Å². The van der Waals surface area contributed by atoms with E-state index >= 15 is 0 Å². The molecular formula is C24H26F2O3. The SMILES string of the molecule is CCC=CCc1oc(Cc2ccccc2)cc1OC(=O)C1C(C=C(F)F)C1(C)C. The third-order valence-electron chi connectivity index (χ3n) is 5.43. The number of benzene rings is 1. The van der Waals surface area contributed by atoms with Crippen molar-refractivity contribution in [2.24, 2.45) is 17.3 Å². The normalized spacial score (nSPS) is 19.9. The first-order valence-electron chi connectivity index (χ1n) is 9.88. The number of hydrogen-bond donors (Lipinski definition) is 0. The van der Waals surface area contributed by atoms with Crippen LogP contribution in [0.2, 0.25) is 0 Å². The Morgan fingerprint density at radius 2 is 1.93 bits per heavy atom. The Morgan fingerprint density at radius 3 is 2.59 bits per heavy atom. The second-order valence-corrected chi connectivity index (χ2v) is 7.95. The van der Waals surface area contributed by atoms with Crippen LogP contribution in [0.15, 0.2) is 65.1 Å². The molecule has 1 aromatic carbocycles. The molecule has 2 atom stereocenters. The molecular weight excluding hydrogens is 374 g/mol. The highest BCUT2D eigenvalue weighted by atomic mass is 19.3. The van der Waals surface area contributed by atoms with Crippen LogP contribution in [0.1, 0.15) is 44.3 Å². The molecule has 29 heavy (non-hydrogen) atoms. The van der Waals surface area contributed by atoms with Gasteiger partial charge in [-0.25, -0.2) is 0 Å². The molecule has 0 aliphatic heterocycles. The van der Waals surface area contributed by atoms with Crippen molar-refractivity contribution in [1.82, 2.24) is 0 Å². The van der Waals surface area contributed by atoms with Crippen LogP contribution in [0.5, 0.6) is 5.75 Å². The zero-order valence-corrected chi connectivity index (χ0v) is 17.0. The minimum absolute atomic E-state index is 0.368. The first kappa shape index (κ1) is 21.0. The molecule has 154 valence electrons. The Labute approximate surface area is 170 Å². The zero-order valence-electron chi connectivity index (χ0n) is 17.0. The van der Waals surface area contributed by atoms with Gasteiger partial charge in [-0.1, -0.05) is 63.3 Å². The van der Waals surface area contributed by atoms with Crippen LogP contribution in [-0.4, -0.2) is 5.97 Å². The van der Waals surface area contributed by atoms with Crippen molar-refractivity contribution in [3.05, 3.63) is 77.8 Å². The topological polar surface area (TPSA) is 39.4 Å². The molecule has 2 unspecified atom stereocenters. The van der Waals surface area contributed by atoms with E-state index in [1.165, 1.54) is 0 Å². The van der Waals surface area contributed by atoms with Gasteiger partial charge in [0.05, 0.1) is 5.92 Å². The van der Waals surface area contributed by atoms with Gasteiger partial charge in [-0.15, -0.1) is 0 Å². The summed E-state index contributed by atoms with van der Waals surface area (Å²) in [7, 11) is 0. The molecule has 0 saturated heterocycles. The summed E-state index contributed by atoms with van der Waals surface area (Å²) in [6.07, 6.45) is 5.04. The molecule has 1 aromatic heterocycles. The Kier molecular flexibility index (Phi) is 6.36. The second-order valence-electron chi connectivity index (χ2n) is 7.95. The fraction of sp³-hybridized carbons (Fsp3) is 0.375. The Bertz CT molecular complexity index is 905. The summed E-state index contributed by atoms with van der Waals surface area (Å²) >= 11 is 0. The molecule has 1 saturated carbocycles. The van der Waals surface area contributed by atoms with Gasteiger partial charge in [0.1, 0.15) is 5.76 Å². The number of halogens is 2. The first-order chi connectivity index (χ1) is 13.8. The maximum absolute atomic E-state index is 12.7. The summed E-state index contributed by atoms with van der Waals surface area (Å²) in [6, 6.07) is 11.6. The van der Waals surface area contributed by atoms with E-state index in [0.29, 0.717) is 30.1 Å². The maximum atomic E-state index is 12.7. The third kappa shape index (κ3) is 5.03. The summed E-state index contributed by atoms with van der Waals surface area (Å²) in [6.45, 7) is 5.63. The summed E-state index contributed by atoms with van der Waals surface area (Å²) in [5.74, 6) is 0.0316. The standard InChI is InChI=1S/C24H26F2O3/c1-4-5-7-12-19-20(14-17(28-19)13-16-10-8-6-9-11-16)29-23(27)22-18(15-21(25)26)24(22,2)3/h5-11,14-15,18,22H,4,12-13H2,1-3H3. The van der Waals surface area contributed by atoms with Crippen molar-refractivity contribution in [2.75, 3.05) is 0 Å². The van der Waals surface area contributed by atoms with E-state index in [1.807, 2.05) is 49.4 Å². The van der Waals surface area contributed by atoms with Crippen LogP contribution < -0.4 is 4.74 Å². The van der Waals surface area contributed by atoms with E-state index in [-0.39, 0.29) is 0 Å². The summed E-state index contributed by atoms with van der Waals surface area (Å²) < 4.78 is 36.9. The van der Waals surface area contributed by atoms with Crippen molar-refractivity contribution in [3.8, 4) is 5.75 Å². The Hall–Kier alpha value is -2.69. The molecule has 1 fully saturated rings. The lowest BCUT2D eigenvalue weighted by molar-refractivity contribution is -0.136. The van der Waals surface area contributed by atoms with Crippen LogP contribution >= 0.6 is 0 Å². The van der Waals surface area contributed by atoms with Gasteiger partial charge < -0.3 is 9.15 Å². The van der Waals surface area contributed by atoms with Crippen molar-refractivity contribution >= 4 is 5.97 Å². The number of hydrogen-bond acceptors (Lipinski definition) is 3. The highest BCUT2D eigenvalue weighted by molar-refractivity contribution is 5.80. The molecule has 3 nitrogen and oxygen atoms in total. The van der Waals surface area contributed by atoms with Gasteiger partial charge in [0.2, 0.25) is 0 Å². The monoisotopic (exact) mass is 400 g/mol. The number of carbonyl (C=O) groups is 1. The summed E-state index contributed by atoms with van der Waals surface area (Å²) in [4.78, 5) is 12.7. The average Bonchev–Trinajstić information content (AvgIpc) is 3.00. The lowest BCUT2D eigenvalue weighted by atomic mass is 10.1. The van der Waals surface area contributed by atoms with Crippen molar-refractivity contribution in [2.45, 2.75) is 40.0 Å². The van der Waals surface area contributed by atoms with E-state index < -0.39 is 29.3 Å². The van der Waals surface area contributed by atoms with Crippen LogP contribution in [0.4, 0.5) is 8.78 Å². The molecule has 0 spiro atoms. The van der Waals surface area contributed by atoms with E-state index in [0.717, 1.165) is 18.1 Å². The number of allylic oxidation sites excluding steroid dienone is 3. The fourth-order valence-electron chi connectivity index (χ4n) is 3.68. The van der Waals surface area contributed by atoms with Crippen LogP contribution in [-0.2, 0) is 17.6 Å². The number of esters is 1. The van der Waals surface area contributed by atoms with E-state index in [9.17, 15) is 13.6 Å². The molecule has 2 aromatic rings. The highest BCUT2D eigenvalue weighted by Crippen LogP contribution is 2.60. The molecule has 1 aliphatic carbocycles. The molecule has 0 N–H and O–H groups in total. The van der Waals surface area contributed by atoms with Gasteiger partial charge in [-0.3, -0.25) is 4.79 Å². The largest absolute Gasteiger partial charge is 0.461 e. The van der Waals surface area contributed by atoms with E-state index in [1.54, 1.807) is 19.9 Å². The van der Waals surface area contributed by atoms with Gasteiger partial charge >= 0.3 is 5.97 Å². The minimum Gasteiger partial charge on any atom is -0.461 e. The maximum Gasteiger partial charge on any atom is 0.315 e. The van der Waals surface area contributed by atoms with Crippen molar-refractivity contribution in [1.29, 1.82) is 0 Å². The van der Waals surface area contributed by atoms with Gasteiger partial charge in [-0.05, 0) is 23.5 Å². The highest BCUT2D eigenvalue weighted by Gasteiger charge is 2.62. The number of rotatable bonds is 8. The number of carbonyl (C=O) groups excluding carboxylic acids is 1. The predicted molar refractivity (Wildman–Crippen MR) is 108 cm³/mol. The summed E-state index contributed by atoms with van der Waals surface area (Å²) in [5, 5.41) is 0. The van der Waals surface area contributed by atoms with Crippen LogP contribution in [0.3, 0.4) is 0 Å². The van der Waals surface area contributed by atoms with Gasteiger partial charge in [0.15, 0.2) is 11.5 Å². The zero-order chi connectivity index (χ0) is 21.0. The molecule has 1 aliphatic rings. The lowest BCUT2D eigenvalue weighted by Gasteiger charge is -2.04. The van der Waals surface area contributed by atoms with Gasteiger partial charge in [-0.2, -0.15) is 8.78 Å². The smallest absolute Gasteiger partial charge is 0.315 e. The number of ether oxygens (including phenoxy) is 1. The van der Waals surface area contributed by atoms with Gasteiger partial charge in [0.25, 0.3) is 6.08 Å². The van der Waals surface area contributed by atoms with Crippen molar-refractivity contribution < 1.29 is 22.7 Å². The molecule has 5 heteroatoms. The Morgan fingerprint density at radius 1 is 1.21 bits per heavy atom. The first-order valence-corrected chi connectivity index (χ1v) is 9.88. The molecule has 0 amide bonds. The third-order valence-corrected chi connectivity index (χ3v) is 5.43. The number of furan rings is 1. The van der Waals surface area contributed by atoms with Gasteiger partial charge in [0, 0.05) is 24.8 Å².